The number of hydrogen-bond donors (Lipinski definition) is 1. The van der Waals surface area contributed by atoms with Crippen LogP contribution in [0.5, 0.6) is 5.75 Å². The minimum absolute atomic E-state index is 0.0299. The van der Waals surface area contributed by atoms with Gasteiger partial charge in [-0.1, -0.05) is 12.1 Å². The van der Waals surface area contributed by atoms with Crippen LogP contribution < -0.4 is 10.1 Å². The molecular formula is C22H18N4O3. The van der Waals surface area contributed by atoms with Gasteiger partial charge >= 0.3 is 0 Å². The van der Waals surface area contributed by atoms with Gasteiger partial charge in [0.15, 0.2) is 5.82 Å². The minimum Gasteiger partial charge on any atom is -0.494 e. The predicted molar refractivity (Wildman–Crippen MR) is 113 cm³/mol. The van der Waals surface area contributed by atoms with Crippen LogP contribution in [-0.4, -0.2) is 21.5 Å². The second-order valence-electron chi connectivity index (χ2n) is 6.30. The summed E-state index contributed by atoms with van der Waals surface area (Å²) in [6, 6.07) is 21.6. The van der Waals surface area contributed by atoms with Gasteiger partial charge in [0, 0.05) is 28.8 Å². The molecule has 0 bridgehead atoms. The van der Waals surface area contributed by atoms with Crippen LogP contribution in [0.4, 0.5) is 17.2 Å². The molecule has 0 spiro atoms. The number of non-ortho nitro benzene ring substituents is 1. The fraction of sp³-hybridized carbons (Fsp3) is 0.0909. The molecule has 0 aliphatic rings. The monoisotopic (exact) mass is 386 g/mol. The van der Waals surface area contributed by atoms with Crippen LogP contribution in [0.1, 0.15) is 6.92 Å². The summed E-state index contributed by atoms with van der Waals surface area (Å²) in [7, 11) is 0. The number of nitrogens with one attached hydrogen (secondary N) is 1. The highest BCUT2D eigenvalue weighted by Crippen LogP contribution is 2.28. The zero-order valence-electron chi connectivity index (χ0n) is 15.7. The van der Waals surface area contributed by atoms with E-state index < -0.39 is 4.92 Å². The fourth-order valence-corrected chi connectivity index (χ4v) is 2.97. The first-order chi connectivity index (χ1) is 14.1. The number of rotatable bonds is 6. The zero-order valence-corrected chi connectivity index (χ0v) is 15.7. The molecule has 1 heterocycles. The van der Waals surface area contributed by atoms with Gasteiger partial charge in [-0.15, -0.1) is 0 Å². The van der Waals surface area contributed by atoms with E-state index in [9.17, 15) is 10.1 Å². The molecule has 1 N–H and O–H groups in total. The quantitative estimate of drug-likeness (QED) is 0.355. The highest BCUT2D eigenvalue weighted by molar-refractivity contribution is 5.92. The molecule has 0 amide bonds. The van der Waals surface area contributed by atoms with Gasteiger partial charge in [-0.3, -0.25) is 10.1 Å². The summed E-state index contributed by atoms with van der Waals surface area (Å²) >= 11 is 0. The molecule has 4 rings (SSSR count). The lowest BCUT2D eigenvalue weighted by atomic mass is 10.1. The van der Waals surface area contributed by atoms with Crippen molar-refractivity contribution in [1.82, 2.24) is 9.97 Å². The summed E-state index contributed by atoms with van der Waals surface area (Å²) in [6.07, 6.45) is 0. The van der Waals surface area contributed by atoms with Crippen LogP contribution >= 0.6 is 0 Å². The Hall–Kier alpha value is -4.00. The lowest BCUT2D eigenvalue weighted by Crippen LogP contribution is -2.00. The second kappa shape index (κ2) is 7.93. The molecule has 7 nitrogen and oxygen atoms in total. The Bertz CT molecular complexity index is 1160. The molecule has 0 aliphatic carbocycles. The zero-order chi connectivity index (χ0) is 20.2. The molecule has 0 radical (unpaired) electrons. The smallest absolute Gasteiger partial charge is 0.269 e. The summed E-state index contributed by atoms with van der Waals surface area (Å²) in [4.78, 5) is 19.8. The highest BCUT2D eigenvalue weighted by atomic mass is 16.6. The van der Waals surface area contributed by atoms with Crippen LogP contribution in [-0.2, 0) is 0 Å². The molecule has 3 aromatic carbocycles. The number of aromatic nitrogens is 2. The summed E-state index contributed by atoms with van der Waals surface area (Å²) < 4.78 is 5.48. The molecule has 7 heteroatoms. The third kappa shape index (κ3) is 3.98. The van der Waals surface area contributed by atoms with Gasteiger partial charge in [-0.25, -0.2) is 9.97 Å². The van der Waals surface area contributed by atoms with Crippen molar-refractivity contribution in [2.24, 2.45) is 0 Å². The van der Waals surface area contributed by atoms with Crippen molar-refractivity contribution in [1.29, 1.82) is 0 Å². The van der Waals surface area contributed by atoms with E-state index in [1.54, 1.807) is 12.1 Å². The maximum atomic E-state index is 10.9. The van der Waals surface area contributed by atoms with E-state index in [4.69, 9.17) is 4.74 Å². The van der Waals surface area contributed by atoms with Crippen LogP contribution in [0.15, 0.2) is 72.8 Å². The number of ether oxygens (including phenoxy) is 1. The van der Waals surface area contributed by atoms with Crippen molar-refractivity contribution in [2.45, 2.75) is 6.92 Å². The van der Waals surface area contributed by atoms with Crippen LogP contribution in [0, 0.1) is 10.1 Å². The predicted octanol–water partition coefficient (Wildman–Crippen LogP) is 5.35. The highest BCUT2D eigenvalue weighted by Gasteiger charge is 2.11. The number of fused-ring (bicyclic) bond motifs is 1. The molecule has 0 saturated heterocycles. The second-order valence-corrected chi connectivity index (χ2v) is 6.30. The maximum Gasteiger partial charge on any atom is 0.269 e. The number of nitro benzene ring substituents is 1. The first kappa shape index (κ1) is 18.4. The Balaban J connectivity index is 1.73. The van der Waals surface area contributed by atoms with Crippen molar-refractivity contribution in [3.8, 4) is 17.1 Å². The maximum absolute atomic E-state index is 10.9. The summed E-state index contributed by atoms with van der Waals surface area (Å²) in [5.74, 6) is 1.96. The topological polar surface area (TPSA) is 90.2 Å². The average molecular weight is 386 g/mol. The van der Waals surface area contributed by atoms with E-state index in [0.29, 0.717) is 23.8 Å². The summed E-state index contributed by atoms with van der Waals surface area (Å²) in [5.41, 5.74) is 2.38. The normalized spacial score (nSPS) is 10.7. The Morgan fingerprint density at radius 1 is 0.966 bits per heavy atom. The van der Waals surface area contributed by atoms with Gasteiger partial charge < -0.3 is 10.1 Å². The third-order valence-electron chi connectivity index (χ3n) is 4.37. The van der Waals surface area contributed by atoms with Gasteiger partial charge in [0.25, 0.3) is 5.69 Å². The average Bonchev–Trinajstić information content (AvgIpc) is 2.75. The standard InChI is InChI=1S/C22H18N4O3/c1-2-29-18-13-9-16(10-14-18)23-22-19-5-3-4-6-20(19)24-21(25-22)15-7-11-17(12-8-15)26(27)28/h3-14H,2H2,1H3,(H,23,24,25). The summed E-state index contributed by atoms with van der Waals surface area (Å²) in [5, 5.41) is 15.1. The largest absolute Gasteiger partial charge is 0.494 e. The molecule has 29 heavy (non-hydrogen) atoms. The van der Waals surface area contributed by atoms with Gasteiger partial charge in [-0.2, -0.15) is 0 Å². The van der Waals surface area contributed by atoms with Gasteiger partial charge in [0.1, 0.15) is 11.6 Å². The van der Waals surface area contributed by atoms with E-state index in [1.807, 2.05) is 55.5 Å². The van der Waals surface area contributed by atoms with Crippen LogP contribution in [0.2, 0.25) is 0 Å². The molecular weight excluding hydrogens is 368 g/mol. The van der Waals surface area contributed by atoms with E-state index in [-0.39, 0.29) is 5.69 Å². The molecule has 144 valence electrons. The number of hydrogen-bond acceptors (Lipinski definition) is 6. The number of para-hydroxylation sites is 1. The number of anilines is 2. The van der Waals surface area contributed by atoms with E-state index in [1.165, 1.54) is 12.1 Å². The van der Waals surface area contributed by atoms with Gasteiger partial charge in [0.05, 0.1) is 17.0 Å². The Labute approximate surface area is 167 Å². The molecule has 0 saturated carbocycles. The minimum atomic E-state index is -0.427. The number of benzene rings is 3. The molecule has 0 atom stereocenters. The van der Waals surface area contributed by atoms with Crippen molar-refractivity contribution >= 4 is 28.1 Å². The SMILES string of the molecule is CCOc1ccc(Nc2nc(-c3ccc([N+](=O)[O-])cc3)nc3ccccc23)cc1. The molecule has 0 fully saturated rings. The lowest BCUT2D eigenvalue weighted by Gasteiger charge is -2.12. The van der Waals surface area contributed by atoms with Gasteiger partial charge in [0.2, 0.25) is 0 Å². The van der Waals surface area contributed by atoms with E-state index in [0.717, 1.165) is 22.3 Å². The first-order valence-electron chi connectivity index (χ1n) is 9.15. The Morgan fingerprint density at radius 3 is 2.38 bits per heavy atom. The molecule has 1 aromatic heterocycles. The number of nitrogens with zero attached hydrogens (tertiary/aromatic N) is 3. The third-order valence-corrected chi connectivity index (χ3v) is 4.37. The number of nitro groups is 1. The summed E-state index contributed by atoms with van der Waals surface area (Å²) in [6.45, 7) is 2.56. The van der Waals surface area contributed by atoms with E-state index in [2.05, 4.69) is 15.3 Å². The molecule has 4 aromatic rings. The first-order valence-corrected chi connectivity index (χ1v) is 9.15. The lowest BCUT2D eigenvalue weighted by molar-refractivity contribution is -0.384. The van der Waals surface area contributed by atoms with Crippen molar-refractivity contribution in [3.63, 3.8) is 0 Å². The van der Waals surface area contributed by atoms with E-state index >= 15 is 0 Å². The van der Waals surface area contributed by atoms with Crippen molar-refractivity contribution in [3.05, 3.63) is 82.9 Å². The molecule has 0 aliphatic heterocycles. The van der Waals surface area contributed by atoms with Crippen molar-refractivity contribution in [2.75, 3.05) is 11.9 Å². The van der Waals surface area contributed by atoms with Crippen LogP contribution in [0.25, 0.3) is 22.3 Å². The Morgan fingerprint density at radius 2 is 1.69 bits per heavy atom. The van der Waals surface area contributed by atoms with Crippen molar-refractivity contribution < 1.29 is 9.66 Å². The van der Waals surface area contributed by atoms with Crippen LogP contribution in [0.3, 0.4) is 0 Å². The molecule has 0 unspecified atom stereocenters. The Kier molecular flexibility index (Phi) is 5.03. The fourth-order valence-electron chi connectivity index (χ4n) is 2.97. The van der Waals surface area contributed by atoms with Gasteiger partial charge in [-0.05, 0) is 55.5 Å².